The highest BCUT2D eigenvalue weighted by Gasteiger charge is 2.10. The van der Waals surface area contributed by atoms with Crippen LogP contribution in [-0.4, -0.2) is 29.4 Å². The lowest BCUT2D eigenvalue weighted by atomic mass is 10.2. The minimum atomic E-state index is -0.418. The van der Waals surface area contributed by atoms with E-state index in [2.05, 4.69) is 5.32 Å². The lowest BCUT2D eigenvalue weighted by Crippen LogP contribution is -2.32. The standard InChI is InChI=1S/C12H15ClN2O2S/c1-8(14)6-18-7-11(16)15-12(17)9-2-4-10(13)5-3-9/h2-5,8H,6-7,14H2,1H3,(H,15,16,17). The van der Waals surface area contributed by atoms with Gasteiger partial charge in [0.2, 0.25) is 5.91 Å². The third-order valence-electron chi connectivity index (χ3n) is 1.97. The molecule has 0 saturated carbocycles. The summed E-state index contributed by atoms with van der Waals surface area (Å²) in [5.74, 6) is 0.169. The predicted molar refractivity (Wildman–Crippen MR) is 74.9 cm³/mol. The van der Waals surface area contributed by atoms with Gasteiger partial charge in [0.25, 0.3) is 5.91 Å². The van der Waals surface area contributed by atoms with E-state index in [9.17, 15) is 9.59 Å². The summed E-state index contributed by atoms with van der Waals surface area (Å²) in [6.07, 6.45) is 0. The average molecular weight is 287 g/mol. The lowest BCUT2D eigenvalue weighted by molar-refractivity contribution is -0.117. The molecule has 0 aromatic heterocycles. The first-order valence-electron chi connectivity index (χ1n) is 5.42. The van der Waals surface area contributed by atoms with Gasteiger partial charge >= 0.3 is 0 Å². The molecule has 1 aromatic rings. The van der Waals surface area contributed by atoms with E-state index >= 15 is 0 Å². The van der Waals surface area contributed by atoms with Gasteiger partial charge in [-0.05, 0) is 31.2 Å². The zero-order valence-corrected chi connectivity index (χ0v) is 11.6. The van der Waals surface area contributed by atoms with Crippen molar-refractivity contribution < 1.29 is 9.59 Å². The quantitative estimate of drug-likeness (QED) is 0.864. The SMILES string of the molecule is CC(N)CSCC(=O)NC(=O)c1ccc(Cl)cc1. The second-order valence-corrected chi connectivity index (χ2v) is 5.34. The number of amides is 2. The Bertz CT molecular complexity index is 421. The number of nitrogens with two attached hydrogens (primary N) is 1. The van der Waals surface area contributed by atoms with Gasteiger partial charge in [0.05, 0.1) is 5.75 Å². The van der Waals surface area contributed by atoms with E-state index in [1.54, 1.807) is 24.3 Å². The topological polar surface area (TPSA) is 72.2 Å². The first-order chi connectivity index (χ1) is 8.49. The van der Waals surface area contributed by atoms with Crippen molar-refractivity contribution in [3.63, 3.8) is 0 Å². The molecule has 1 aromatic carbocycles. The van der Waals surface area contributed by atoms with Crippen LogP contribution in [0.4, 0.5) is 0 Å². The van der Waals surface area contributed by atoms with E-state index in [0.717, 1.165) is 0 Å². The number of hydrogen-bond donors (Lipinski definition) is 2. The van der Waals surface area contributed by atoms with Crippen LogP contribution >= 0.6 is 23.4 Å². The van der Waals surface area contributed by atoms with Crippen molar-refractivity contribution in [3.05, 3.63) is 34.9 Å². The molecule has 98 valence electrons. The van der Waals surface area contributed by atoms with E-state index < -0.39 is 5.91 Å². The van der Waals surface area contributed by atoms with Crippen LogP contribution in [0, 0.1) is 0 Å². The second-order valence-electron chi connectivity index (χ2n) is 3.88. The highest BCUT2D eigenvalue weighted by molar-refractivity contribution is 8.00. The minimum Gasteiger partial charge on any atom is -0.327 e. The van der Waals surface area contributed by atoms with Gasteiger partial charge in [-0.15, -0.1) is 0 Å². The number of hydrogen-bond acceptors (Lipinski definition) is 4. The van der Waals surface area contributed by atoms with Crippen LogP contribution < -0.4 is 11.1 Å². The average Bonchev–Trinajstić information content (AvgIpc) is 2.29. The summed E-state index contributed by atoms with van der Waals surface area (Å²) in [5, 5.41) is 2.85. The largest absolute Gasteiger partial charge is 0.327 e. The Labute approximate surface area is 115 Å². The number of benzene rings is 1. The molecular weight excluding hydrogens is 272 g/mol. The molecule has 0 saturated heterocycles. The first kappa shape index (κ1) is 15.0. The van der Waals surface area contributed by atoms with E-state index in [1.165, 1.54) is 11.8 Å². The smallest absolute Gasteiger partial charge is 0.257 e. The fourth-order valence-electron chi connectivity index (χ4n) is 1.17. The van der Waals surface area contributed by atoms with Gasteiger partial charge in [-0.25, -0.2) is 0 Å². The Hall–Kier alpha value is -1.04. The van der Waals surface area contributed by atoms with Gasteiger partial charge in [-0.2, -0.15) is 11.8 Å². The molecule has 0 aliphatic rings. The molecule has 18 heavy (non-hydrogen) atoms. The van der Waals surface area contributed by atoms with Crippen LogP contribution in [0.2, 0.25) is 5.02 Å². The predicted octanol–water partition coefficient (Wildman–Crippen LogP) is 1.68. The van der Waals surface area contributed by atoms with E-state index in [4.69, 9.17) is 17.3 Å². The molecule has 0 spiro atoms. The highest BCUT2D eigenvalue weighted by atomic mass is 35.5. The molecule has 0 bridgehead atoms. The monoisotopic (exact) mass is 286 g/mol. The molecule has 0 aliphatic heterocycles. The maximum Gasteiger partial charge on any atom is 0.257 e. The number of rotatable bonds is 5. The summed E-state index contributed by atoms with van der Waals surface area (Å²) < 4.78 is 0. The van der Waals surface area contributed by atoms with Crippen molar-refractivity contribution >= 4 is 35.2 Å². The molecule has 3 N–H and O–H groups in total. The van der Waals surface area contributed by atoms with Gasteiger partial charge in [-0.3, -0.25) is 14.9 Å². The van der Waals surface area contributed by atoms with E-state index in [1.807, 2.05) is 6.92 Å². The van der Waals surface area contributed by atoms with Crippen LogP contribution in [-0.2, 0) is 4.79 Å². The zero-order valence-electron chi connectivity index (χ0n) is 9.98. The zero-order chi connectivity index (χ0) is 13.5. The summed E-state index contributed by atoms with van der Waals surface area (Å²) in [4.78, 5) is 23.1. The molecule has 1 rings (SSSR count). The van der Waals surface area contributed by atoms with Gasteiger partial charge in [0, 0.05) is 22.4 Å². The molecule has 0 radical (unpaired) electrons. The van der Waals surface area contributed by atoms with Crippen LogP contribution in [0.1, 0.15) is 17.3 Å². The van der Waals surface area contributed by atoms with Gasteiger partial charge in [0.15, 0.2) is 0 Å². The highest BCUT2D eigenvalue weighted by Crippen LogP contribution is 2.09. The van der Waals surface area contributed by atoms with Gasteiger partial charge in [-0.1, -0.05) is 11.6 Å². The van der Waals surface area contributed by atoms with Crippen LogP contribution in [0.25, 0.3) is 0 Å². The Morgan fingerprint density at radius 3 is 2.56 bits per heavy atom. The fourth-order valence-corrected chi connectivity index (χ4v) is 2.05. The van der Waals surface area contributed by atoms with Gasteiger partial charge in [0.1, 0.15) is 0 Å². The Kier molecular flexibility index (Phi) is 6.18. The minimum absolute atomic E-state index is 0.0368. The molecule has 0 fully saturated rings. The van der Waals surface area contributed by atoms with Crippen LogP contribution in [0.5, 0.6) is 0 Å². The molecule has 6 heteroatoms. The molecule has 0 heterocycles. The first-order valence-corrected chi connectivity index (χ1v) is 6.95. The summed E-state index contributed by atoms with van der Waals surface area (Å²) >= 11 is 7.11. The van der Waals surface area contributed by atoms with E-state index in [0.29, 0.717) is 16.3 Å². The molecule has 4 nitrogen and oxygen atoms in total. The number of thioether (sulfide) groups is 1. The van der Waals surface area contributed by atoms with Crippen molar-refractivity contribution in [2.45, 2.75) is 13.0 Å². The fraction of sp³-hybridized carbons (Fsp3) is 0.333. The molecule has 2 amide bonds. The van der Waals surface area contributed by atoms with Crippen molar-refractivity contribution in [2.24, 2.45) is 5.73 Å². The van der Waals surface area contributed by atoms with E-state index in [-0.39, 0.29) is 17.7 Å². The normalized spacial score (nSPS) is 11.9. The Morgan fingerprint density at radius 1 is 1.39 bits per heavy atom. The summed E-state index contributed by atoms with van der Waals surface area (Å²) in [5.41, 5.74) is 5.96. The summed E-state index contributed by atoms with van der Waals surface area (Å²) in [6.45, 7) is 1.86. The lowest BCUT2D eigenvalue weighted by Gasteiger charge is -2.05. The molecule has 1 atom stereocenters. The molecule has 0 aliphatic carbocycles. The van der Waals surface area contributed by atoms with Crippen LogP contribution in [0.3, 0.4) is 0 Å². The maximum atomic E-state index is 11.7. The molecule has 1 unspecified atom stereocenters. The number of imide groups is 1. The van der Waals surface area contributed by atoms with Crippen molar-refractivity contribution in [3.8, 4) is 0 Å². The number of halogens is 1. The summed E-state index contributed by atoms with van der Waals surface area (Å²) in [7, 11) is 0. The number of carbonyl (C=O) groups excluding carboxylic acids is 2. The third kappa shape index (κ3) is 5.53. The van der Waals surface area contributed by atoms with Crippen molar-refractivity contribution in [1.82, 2.24) is 5.32 Å². The summed E-state index contributed by atoms with van der Waals surface area (Å²) in [6, 6.07) is 6.38. The second kappa shape index (κ2) is 7.41. The number of carbonyl (C=O) groups is 2. The number of nitrogens with one attached hydrogen (secondary N) is 1. The third-order valence-corrected chi connectivity index (χ3v) is 3.45. The molecular formula is C12H15ClN2O2S. The van der Waals surface area contributed by atoms with Crippen molar-refractivity contribution in [2.75, 3.05) is 11.5 Å². The maximum absolute atomic E-state index is 11.7. The van der Waals surface area contributed by atoms with Crippen LogP contribution in [0.15, 0.2) is 24.3 Å². The van der Waals surface area contributed by atoms with Gasteiger partial charge < -0.3 is 5.73 Å². The van der Waals surface area contributed by atoms with Crippen molar-refractivity contribution in [1.29, 1.82) is 0 Å². The Balaban J connectivity index is 2.40. The Morgan fingerprint density at radius 2 is 2.00 bits per heavy atom.